The maximum absolute atomic E-state index is 14.2. The molecule has 6 aliphatic heterocycles. The maximum atomic E-state index is 14.2. The van der Waals surface area contributed by atoms with Gasteiger partial charge in [-0.05, 0) is 209 Å². The van der Waals surface area contributed by atoms with E-state index in [1.165, 1.54) is 88.3 Å². The molecule has 0 bridgehead atoms. The fourth-order valence-electron chi connectivity index (χ4n) is 24.9. The van der Waals surface area contributed by atoms with Crippen molar-refractivity contribution in [2.75, 3.05) is 125 Å². The van der Waals surface area contributed by atoms with Crippen molar-refractivity contribution >= 4 is 70.4 Å². The number of benzene rings is 5. The van der Waals surface area contributed by atoms with Crippen LogP contribution in [-0.4, -0.2) is 163 Å². The highest BCUT2D eigenvalue weighted by Gasteiger charge is 2.53. The molecule has 5 aromatic carbocycles. The molecule has 10 atom stereocenters. The lowest BCUT2D eigenvalue weighted by Gasteiger charge is -2.43. The van der Waals surface area contributed by atoms with Crippen molar-refractivity contribution < 1.29 is 31.4 Å². The topological polar surface area (TPSA) is 469 Å². The predicted octanol–water partition coefficient (Wildman–Crippen LogP) is 12.9. The first-order valence-electron chi connectivity index (χ1n) is 50.6. The van der Waals surface area contributed by atoms with Gasteiger partial charge in [0.25, 0.3) is 27.8 Å². The van der Waals surface area contributed by atoms with Crippen LogP contribution in [0.3, 0.4) is 0 Å². The first-order chi connectivity index (χ1) is 68.6. The molecule has 144 heavy (non-hydrogen) atoms. The number of hydrogen-bond acceptors (Lipinski definition) is 27. The number of nitrogens with two attached hydrogens (primary N) is 10. The van der Waals surface area contributed by atoms with Gasteiger partial charge in [-0.25, -0.2) is 13.2 Å². The zero-order valence-corrected chi connectivity index (χ0v) is 85.0. The highest BCUT2D eigenvalue weighted by molar-refractivity contribution is 6.33. The van der Waals surface area contributed by atoms with Crippen LogP contribution in [0.1, 0.15) is 157 Å². The molecule has 10 aromatic rings. The lowest BCUT2D eigenvalue weighted by Crippen LogP contribution is -2.51. The number of rotatable bonds is 13. The van der Waals surface area contributed by atoms with Gasteiger partial charge < -0.3 is 91.3 Å². The largest absolute Gasteiger partial charge is 0.435 e. The first-order valence-corrected chi connectivity index (χ1v) is 51.0. The van der Waals surface area contributed by atoms with E-state index in [0.29, 0.717) is 80.7 Å². The van der Waals surface area contributed by atoms with Crippen molar-refractivity contribution in [1.29, 1.82) is 0 Å². The van der Waals surface area contributed by atoms with E-state index in [1.807, 2.05) is 47.4 Å². The molecule has 4 aliphatic carbocycles. The van der Waals surface area contributed by atoms with Crippen LogP contribution in [0.25, 0.3) is 55.6 Å². The minimum atomic E-state index is -2.91. The van der Waals surface area contributed by atoms with Gasteiger partial charge in [-0.2, -0.15) is 33.7 Å². The molecule has 11 heterocycles. The highest BCUT2D eigenvalue weighted by atomic mass is 35.5. The van der Waals surface area contributed by atoms with Crippen molar-refractivity contribution in [3.05, 3.63) is 196 Å². The average Bonchev–Trinajstić information content (AvgIpc) is 1.26. The van der Waals surface area contributed by atoms with E-state index in [4.69, 9.17) is 73.7 Å². The molecule has 10 aliphatic rings. The van der Waals surface area contributed by atoms with E-state index in [1.54, 1.807) is 74.7 Å². The smallest absolute Gasteiger partial charge is 0.387 e. The van der Waals surface area contributed by atoms with Crippen molar-refractivity contribution in [3.63, 3.8) is 0 Å². The molecule has 774 valence electrons. The predicted molar refractivity (Wildman–Crippen MR) is 561 cm³/mol. The second-order valence-electron chi connectivity index (χ2n) is 42.2. The Morgan fingerprint density at radius 1 is 0.361 bits per heavy atom. The Morgan fingerprint density at radius 3 is 0.965 bits per heavy atom. The van der Waals surface area contributed by atoms with Gasteiger partial charge in [-0.3, -0.25) is 46.8 Å². The number of aromatic nitrogens is 10. The van der Waals surface area contributed by atoms with Crippen molar-refractivity contribution in [3.8, 4) is 61.4 Å². The monoisotopic (exact) mass is 2010 g/mol. The number of nitrogen functional groups attached to an aromatic ring is 5. The van der Waals surface area contributed by atoms with E-state index in [9.17, 15) is 45.9 Å². The fraction of sp³-hybridized carbons (Fsp3) is 0.528. The van der Waals surface area contributed by atoms with Gasteiger partial charge >= 0.3 is 6.61 Å². The molecule has 38 heteroatoms. The Kier molecular flexibility index (Phi) is 31.0. The van der Waals surface area contributed by atoms with Crippen LogP contribution in [0.5, 0.6) is 5.75 Å². The molecule has 20 N–H and O–H groups in total. The molecule has 10 fully saturated rings. The maximum Gasteiger partial charge on any atom is 0.387 e. The molecule has 5 spiro atoms. The molecule has 5 aromatic heterocycles. The van der Waals surface area contributed by atoms with E-state index in [0.717, 1.165) is 174 Å². The van der Waals surface area contributed by atoms with E-state index in [-0.39, 0.29) is 148 Å². The molecular formula is C106H141ClF5N25O7. The Hall–Kier alpha value is -12.0. The zero-order valence-electron chi connectivity index (χ0n) is 84.2. The van der Waals surface area contributed by atoms with Gasteiger partial charge in [-0.1, -0.05) is 137 Å². The fourth-order valence-corrected chi connectivity index (χ4v) is 25.1. The number of hydrogen-bond donors (Lipinski definition) is 10. The molecule has 0 amide bonds. The van der Waals surface area contributed by atoms with Crippen LogP contribution < -0.4 is 114 Å². The van der Waals surface area contributed by atoms with Crippen molar-refractivity contribution in [1.82, 2.24) is 47.8 Å². The standard InChI is InChI=1S/C22H29F2N5O2.C21H28ClN5O.C21H27F2N5O.C21H28FN5O.C21H29N5O2/c1-13-7-8-22(17(13)25)9-11-29(12-10-22)21-27-18(26)16(19(30)28(21)2)14-3-5-15(6-4-14)31-20(23)24;1-13-7-8-21(17(13)23)9-11-27(12-10-21)20-25-18(24)16(19(28)26(20)2)14-5-3-4-6-15(14)22;1-12-6-7-21(17(12)24)8-10-28(11-9-21)20-26-18(25)15(19(29)27(20)2)13-4-3-5-14(22)16(13)23;1-13-7-8-21(17(13)23)9-11-27(12-10-21)20-25-18(24)16(19(28)26(20)2)14-5-3-4-6-15(14)22;1-3-15-17(22)21(13-28-15)9-11-26(12-10-21)20-24-18(23)16(19(27)25(20)2)14-7-5-4-6-8-14/h3-6,13,17,20H,7-12,25-26H2,1-2H3;3-6,13,17H,7-12,23-24H2,1-2H3;3-5,12,17H,6-11,24-25H2,1-2H3;3-6,13,17H,7-12,23-24H2,1-2H3;4-8,15,17H,3,9-13,22-23H2,1-2H3/t2*13-,17-;12-,17-;13-,17-;15-,17+/m11110/s1. The quantitative estimate of drug-likeness (QED) is 0.0479. The van der Waals surface area contributed by atoms with Crippen molar-refractivity contribution in [2.24, 2.45) is 115 Å². The lowest BCUT2D eigenvalue weighted by atomic mass is 9.73. The second-order valence-corrected chi connectivity index (χ2v) is 42.6. The summed E-state index contributed by atoms with van der Waals surface area (Å²) in [6.45, 7) is 16.7. The molecular weight excluding hydrogens is 1870 g/mol. The third-order valence-corrected chi connectivity index (χ3v) is 34.7. The Morgan fingerprint density at radius 2 is 0.646 bits per heavy atom. The zero-order chi connectivity index (χ0) is 103. The summed E-state index contributed by atoms with van der Waals surface area (Å²) in [6, 6.07) is 33.3. The summed E-state index contributed by atoms with van der Waals surface area (Å²) in [6.07, 6.45) is 20.2. The van der Waals surface area contributed by atoms with E-state index < -0.39 is 29.6 Å². The third-order valence-electron chi connectivity index (χ3n) is 34.4. The lowest BCUT2D eigenvalue weighted by molar-refractivity contribution is -0.0498. The SMILES string of the molecule is CC[C@@H]1OCC2(CCN(c3nc(N)c(-c4ccccc4)c(=O)n3C)CC2)[C@@H]1N.C[C@@H]1CCC2(CCN(c3nc(N)c(-c4ccc(OC(F)F)cc4)c(=O)n3C)CC2)[C@@H]1N.C[C@@H]1CCC2(CCN(c3nc(N)c(-c4cccc(F)c4F)c(=O)n3C)CC2)[C@@H]1N.C[C@@H]1CCC2(CCN(c3nc(N)c(-c4ccccc4Cl)c(=O)n3C)CC2)[C@@H]1N.C[C@@H]1CCC2(CCN(c3nc(N)c(-c4ccccc4F)c(=O)n3C)CC2)[C@@H]1N. The summed E-state index contributed by atoms with van der Waals surface area (Å²) in [5.41, 5.74) is 65.7. The summed E-state index contributed by atoms with van der Waals surface area (Å²) < 4.78 is 84.7. The Labute approximate surface area is 841 Å². The van der Waals surface area contributed by atoms with Crippen LogP contribution in [-0.2, 0) is 40.0 Å². The number of nitrogens with zero attached hydrogens (tertiary/aromatic N) is 15. The average molecular weight is 2010 g/mol. The van der Waals surface area contributed by atoms with Gasteiger partial charge in [0.2, 0.25) is 29.7 Å². The summed E-state index contributed by atoms with van der Waals surface area (Å²) in [5, 5.41) is 0.491. The second kappa shape index (κ2) is 42.6. The Balaban J connectivity index is 0.000000129. The first kappa shape index (κ1) is 105. The number of piperidine rings is 5. The van der Waals surface area contributed by atoms with Gasteiger partial charge in [0.1, 0.15) is 40.7 Å². The molecule has 6 saturated heterocycles. The van der Waals surface area contributed by atoms with Crippen LogP contribution >= 0.6 is 11.6 Å². The summed E-state index contributed by atoms with van der Waals surface area (Å²) in [4.78, 5) is 98.3. The van der Waals surface area contributed by atoms with E-state index >= 15 is 0 Å². The van der Waals surface area contributed by atoms with Crippen molar-refractivity contribution in [2.45, 2.75) is 200 Å². The third kappa shape index (κ3) is 20.1. The number of anilines is 10. The molecule has 0 unspecified atom stereocenters. The molecule has 32 nitrogen and oxygen atoms in total. The number of ether oxygens (including phenoxy) is 2. The molecule has 0 radical (unpaired) electrons. The molecule has 20 rings (SSSR count). The normalized spacial score (nSPS) is 23.8. The van der Waals surface area contributed by atoms with Crippen LogP contribution in [0, 0.1) is 68.2 Å². The summed E-state index contributed by atoms with van der Waals surface area (Å²) >= 11 is 6.28. The molecule has 4 saturated carbocycles. The van der Waals surface area contributed by atoms with Crippen LogP contribution in [0.4, 0.5) is 80.8 Å². The van der Waals surface area contributed by atoms with Crippen LogP contribution in [0.2, 0.25) is 5.02 Å². The van der Waals surface area contributed by atoms with Gasteiger partial charge in [0.15, 0.2) is 11.6 Å². The Bertz CT molecular complexity index is 6470. The highest BCUT2D eigenvalue weighted by Crippen LogP contribution is 2.54. The summed E-state index contributed by atoms with van der Waals surface area (Å²) in [5.74, 6) is 2.96. The summed E-state index contributed by atoms with van der Waals surface area (Å²) in [7, 11) is 8.44. The van der Waals surface area contributed by atoms with Gasteiger partial charge in [-0.15, -0.1) is 0 Å². The van der Waals surface area contributed by atoms with Crippen LogP contribution in [0.15, 0.2) is 145 Å². The van der Waals surface area contributed by atoms with Gasteiger partial charge in [0, 0.05) is 158 Å². The number of halogens is 6. The van der Waals surface area contributed by atoms with Gasteiger partial charge in [0.05, 0.1) is 40.5 Å². The minimum absolute atomic E-state index is 0.0143. The van der Waals surface area contributed by atoms with E-state index in [2.05, 4.69) is 83.9 Å². The number of alkyl halides is 2. The minimum Gasteiger partial charge on any atom is -0.435 e.